The number of hydrogen-bond acceptors (Lipinski definition) is 5. The Hall–Kier alpha value is -4.02. The van der Waals surface area contributed by atoms with Crippen LogP contribution in [0.3, 0.4) is 0 Å². The number of aryl methyl sites for hydroxylation is 2. The van der Waals surface area contributed by atoms with Gasteiger partial charge < -0.3 is 9.30 Å². The van der Waals surface area contributed by atoms with Crippen molar-refractivity contribution in [2.45, 2.75) is 38.4 Å². The van der Waals surface area contributed by atoms with Gasteiger partial charge in [0.15, 0.2) is 5.82 Å². The molecule has 186 valence electrons. The van der Waals surface area contributed by atoms with Gasteiger partial charge >= 0.3 is 6.18 Å². The van der Waals surface area contributed by atoms with Gasteiger partial charge in [0.25, 0.3) is 0 Å². The van der Waals surface area contributed by atoms with Gasteiger partial charge in [-0.05, 0) is 68.3 Å². The van der Waals surface area contributed by atoms with Gasteiger partial charge in [-0.25, -0.2) is 24.0 Å². The number of benzene rings is 1. The highest BCUT2D eigenvalue weighted by molar-refractivity contribution is 5.66. The number of ether oxygens (including phenoxy) is 1. The van der Waals surface area contributed by atoms with Gasteiger partial charge in [0.05, 0.1) is 35.8 Å². The summed E-state index contributed by atoms with van der Waals surface area (Å²) >= 11 is 0. The zero-order chi connectivity index (χ0) is 25.7. The van der Waals surface area contributed by atoms with Crippen molar-refractivity contribution in [3.8, 4) is 11.6 Å². The molecule has 4 aromatic rings. The molecule has 0 aliphatic carbocycles. The number of alkyl halides is 3. The van der Waals surface area contributed by atoms with Crippen molar-refractivity contribution < 1.29 is 22.3 Å². The summed E-state index contributed by atoms with van der Waals surface area (Å²) in [5.41, 5.74) is -0.00127. The molecule has 0 saturated heterocycles. The summed E-state index contributed by atoms with van der Waals surface area (Å²) in [5, 5.41) is 4.42. The molecule has 0 unspecified atom stereocenters. The lowest BCUT2D eigenvalue weighted by molar-refractivity contribution is -0.138. The predicted octanol–water partition coefficient (Wildman–Crippen LogP) is 5.21. The molecule has 0 bridgehead atoms. The topological polar surface area (TPSA) is 70.7 Å². The fourth-order valence-corrected chi connectivity index (χ4v) is 4.51. The Balaban J connectivity index is 1.46. The molecule has 0 N–H and O–H groups in total. The van der Waals surface area contributed by atoms with E-state index in [1.165, 1.54) is 7.11 Å². The smallest absolute Gasteiger partial charge is 0.416 e. The highest BCUT2D eigenvalue weighted by atomic mass is 19.4. The summed E-state index contributed by atoms with van der Waals surface area (Å²) in [7, 11) is 1.52. The molecule has 4 heterocycles. The van der Waals surface area contributed by atoms with Crippen LogP contribution in [-0.2, 0) is 18.1 Å². The van der Waals surface area contributed by atoms with Crippen molar-refractivity contribution in [3.05, 3.63) is 82.8 Å². The Bertz CT molecular complexity index is 1470. The van der Waals surface area contributed by atoms with Crippen molar-refractivity contribution in [1.82, 2.24) is 29.3 Å². The number of imidazole rings is 1. The molecule has 5 rings (SSSR count). The van der Waals surface area contributed by atoms with E-state index in [9.17, 15) is 17.6 Å². The average Bonchev–Trinajstić information content (AvgIpc) is 3.53. The third kappa shape index (κ3) is 4.14. The van der Waals surface area contributed by atoms with Crippen LogP contribution in [0.4, 0.5) is 17.6 Å². The van der Waals surface area contributed by atoms with Crippen LogP contribution in [0.25, 0.3) is 17.8 Å². The van der Waals surface area contributed by atoms with Gasteiger partial charge in [-0.1, -0.05) is 0 Å². The molecule has 36 heavy (non-hydrogen) atoms. The van der Waals surface area contributed by atoms with E-state index >= 15 is 0 Å². The van der Waals surface area contributed by atoms with E-state index in [1.807, 2.05) is 19.2 Å². The maximum Gasteiger partial charge on any atom is 0.416 e. The molecule has 1 aliphatic heterocycles. The summed E-state index contributed by atoms with van der Waals surface area (Å²) in [5.74, 6) is 0.338. The molecule has 0 spiro atoms. The monoisotopic (exact) mass is 498 g/mol. The Kier molecular flexibility index (Phi) is 5.65. The molecule has 3 aromatic heterocycles. The minimum Gasteiger partial charge on any atom is -0.479 e. The van der Waals surface area contributed by atoms with Gasteiger partial charge in [0, 0.05) is 12.7 Å². The largest absolute Gasteiger partial charge is 0.479 e. The molecular formula is C25H22F4N6O. The first kappa shape index (κ1) is 23.7. The number of aromatic nitrogens is 6. The Morgan fingerprint density at radius 1 is 1.11 bits per heavy atom. The van der Waals surface area contributed by atoms with E-state index in [0.29, 0.717) is 36.2 Å². The summed E-state index contributed by atoms with van der Waals surface area (Å²) in [6.07, 6.45) is 2.55. The van der Waals surface area contributed by atoms with E-state index in [1.54, 1.807) is 40.7 Å². The molecule has 0 saturated carbocycles. The molecule has 0 radical (unpaired) electrons. The molecule has 11 heteroatoms. The lowest BCUT2D eigenvalue weighted by Gasteiger charge is -2.26. The summed E-state index contributed by atoms with van der Waals surface area (Å²) in [6.45, 7) is 3.89. The molecular weight excluding hydrogens is 476 g/mol. The van der Waals surface area contributed by atoms with E-state index in [0.717, 1.165) is 29.6 Å². The van der Waals surface area contributed by atoms with Gasteiger partial charge in [0.1, 0.15) is 17.3 Å². The van der Waals surface area contributed by atoms with Gasteiger partial charge in [-0.15, -0.1) is 0 Å². The van der Waals surface area contributed by atoms with E-state index in [4.69, 9.17) is 4.74 Å². The van der Waals surface area contributed by atoms with Crippen LogP contribution in [0, 0.1) is 12.7 Å². The quantitative estimate of drug-likeness (QED) is 0.353. The van der Waals surface area contributed by atoms with Crippen LogP contribution >= 0.6 is 0 Å². The number of pyridine rings is 1. The fourth-order valence-electron chi connectivity index (χ4n) is 4.51. The van der Waals surface area contributed by atoms with Gasteiger partial charge in [-0.2, -0.15) is 18.3 Å². The average molecular weight is 498 g/mol. The normalized spacial score (nSPS) is 17.6. The molecule has 1 aliphatic rings. The van der Waals surface area contributed by atoms with Crippen molar-refractivity contribution >= 4 is 12.2 Å². The SMILES string of the molecule is COc1nc(/C=C/c2nc3n(n2)CC[C@]3(C)c2cc(F)ccc2C(F)(F)F)ccc1-n1cnc(C)c1. The molecule has 0 fully saturated rings. The highest BCUT2D eigenvalue weighted by Gasteiger charge is 2.45. The van der Waals surface area contributed by atoms with Crippen LogP contribution in [0.5, 0.6) is 5.88 Å². The van der Waals surface area contributed by atoms with Crippen molar-refractivity contribution in [2.24, 2.45) is 0 Å². The minimum absolute atomic E-state index is 0.145. The van der Waals surface area contributed by atoms with Crippen LogP contribution in [0.15, 0.2) is 42.9 Å². The molecule has 1 atom stereocenters. The van der Waals surface area contributed by atoms with Crippen LogP contribution in [-0.4, -0.2) is 36.4 Å². The molecule has 7 nitrogen and oxygen atoms in total. The standard InChI is InChI=1S/C25H22F4N6O/c1-15-13-34(14-30-15)20-8-5-17(31-22(20)36-3)6-9-21-32-23-24(2,10-11-35(23)33-21)19-12-16(26)4-7-18(19)25(27,28)29/h4-9,12-14H,10-11H2,1-3H3/b9-6+/t24-/m1/s1. The highest BCUT2D eigenvalue weighted by Crippen LogP contribution is 2.45. The van der Waals surface area contributed by atoms with Crippen molar-refractivity contribution in [1.29, 1.82) is 0 Å². The first-order chi connectivity index (χ1) is 17.1. The number of fused-ring (bicyclic) bond motifs is 1. The molecule has 0 amide bonds. The first-order valence-corrected chi connectivity index (χ1v) is 11.1. The maximum absolute atomic E-state index is 14.0. The lowest BCUT2D eigenvalue weighted by Crippen LogP contribution is -2.26. The van der Waals surface area contributed by atoms with E-state index in [2.05, 4.69) is 20.1 Å². The zero-order valence-corrected chi connectivity index (χ0v) is 19.7. The predicted molar refractivity (Wildman–Crippen MR) is 124 cm³/mol. The zero-order valence-electron chi connectivity index (χ0n) is 19.7. The third-order valence-corrected chi connectivity index (χ3v) is 6.33. The lowest BCUT2D eigenvalue weighted by atomic mass is 9.78. The van der Waals surface area contributed by atoms with Gasteiger partial charge in [0.2, 0.25) is 5.88 Å². The molecule has 1 aromatic carbocycles. The van der Waals surface area contributed by atoms with Crippen molar-refractivity contribution in [2.75, 3.05) is 7.11 Å². The summed E-state index contributed by atoms with van der Waals surface area (Å²) in [4.78, 5) is 13.2. The fraction of sp³-hybridized carbons (Fsp3) is 0.280. The summed E-state index contributed by atoms with van der Waals surface area (Å²) in [6, 6.07) is 6.18. The Labute approximate surface area is 204 Å². The number of methoxy groups -OCH3 is 1. The van der Waals surface area contributed by atoms with Crippen LogP contribution in [0.1, 0.15) is 47.5 Å². The number of hydrogen-bond donors (Lipinski definition) is 0. The van der Waals surface area contributed by atoms with E-state index in [-0.39, 0.29) is 5.56 Å². The second-order valence-corrected chi connectivity index (χ2v) is 8.81. The second-order valence-electron chi connectivity index (χ2n) is 8.81. The number of halogens is 4. The van der Waals surface area contributed by atoms with Crippen LogP contribution < -0.4 is 4.74 Å². The minimum atomic E-state index is -4.62. The van der Waals surface area contributed by atoms with E-state index < -0.39 is 23.0 Å². The Morgan fingerprint density at radius 2 is 1.92 bits per heavy atom. The maximum atomic E-state index is 14.0. The second kappa shape index (κ2) is 8.58. The van der Waals surface area contributed by atoms with Crippen LogP contribution in [0.2, 0.25) is 0 Å². The Morgan fingerprint density at radius 3 is 2.61 bits per heavy atom. The van der Waals surface area contributed by atoms with Gasteiger partial charge in [-0.3, -0.25) is 0 Å². The number of rotatable bonds is 5. The number of nitrogens with zero attached hydrogens (tertiary/aromatic N) is 6. The first-order valence-electron chi connectivity index (χ1n) is 11.1. The third-order valence-electron chi connectivity index (χ3n) is 6.33. The van der Waals surface area contributed by atoms with Crippen molar-refractivity contribution in [3.63, 3.8) is 0 Å². The summed E-state index contributed by atoms with van der Waals surface area (Å²) < 4.78 is 63.9.